The Morgan fingerprint density at radius 2 is 2.26 bits per heavy atom. The number of likely N-dealkylation sites (tertiary alicyclic amines) is 1. The Morgan fingerprint density at radius 3 is 2.89 bits per heavy atom. The van der Waals surface area contributed by atoms with Crippen molar-refractivity contribution >= 4 is 11.3 Å². The Balaban J connectivity index is 1.98. The first kappa shape index (κ1) is 15.0. The van der Waals surface area contributed by atoms with Crippen molar-refractivity contribution in [2.75, 3.05) is 13.1 Å². The zero-order chi connectivity index (χ0) is 13.8. The van der Waals surface area contributed by atoms with Gasteiger partial charge >= 0.3 is 0 Å². The van der Waals surface area contributed by atoms with Crippen molar-refractivity contribution < 1.29 is 0 Å². The molecule has 2 nitrogen and oxygen atoms in total. The molecule has 0 amide bonds. The van der Waals surface area contributed by atoms with Crippen LogP contribution in [0.3, 0.4) is 0 Å². The van der Waals surface area contributed by atoms with Crippen LogP contribution in [0.25, 0.3) is 0 Å². The van der Waals surface area contributed by atoms with Crippen molar-refractivity contribution in [2.24, 2.45) is 5.92 Å². The van der Waals surface area contributed by atoms with Crippen molar-refractivity contribution in [3.05, 3.63) is 22.4 Å². The minimum Gasteiger partial charge on any atom is -0.314 e. The average Bonchev–Trinajstić information content (AvgIpc) is 2.94. The lowest BCUT2D eigenvalue weighted by Crippen LogP contribution is -2.53. The molecule has 19 heavy (non-hydrogen) atoms. The van der Waals surface area contributed by atoms with E-state index in [1.165, 1.54) is 24.9 Å². The lowest BCUT2D eigenvalue weighted by atomic mass is 9.85. The van der Waals surface area contributed by atoms with Gasteiger partial charge in [0.2, 0.25) is 0 Å². The quantitative estimate of drug-likeness (QED) is 0.880. The fourth-order valence-corrected chi connectivity index (χ4v) is 4.01. The highest BCUT2D eigenvalue weighted by molar-refractivity contribution is 7.07. The summed E-state index contributed by atoms with van der Waals surface area (Å²) in [6.45, 7) is 11.8. The molecule has 2 heterocycles. The molecule has 2 rings (SSSR count). The lowest BCUT2D eigenvalue weighted by Gasteiger charge is -2.45. The zero-order valence-corrected chi connectivity index (χ0v) is 13.5. The largest absolute Gasteiger partial charge is 0.314 e. The van der Waals surface area contributed by atoms with Gasteiger partial charge in [0.1, 0.15) is 0 Å². The van der Waals surface area contributed by atoms with Gasteiger partial charge in [-0.25, -0.2) is 0 Å². The molecule has 0 radical (unpaired) electrons. The maximum absolute atomic E-state index is 3.72. The van der Waals surface area contributed by atoms with Crippen LogP contribution in [0.2, 0.25) is 0 Å². The monoisotopic (exact) mass is 280 g/mol. The van der Waals surface area contributed by atoms with Crippen LogP contribution in [0.15, 0.2) is 16.8 Å². The van der Waals surface area contributed by atoms with Crippen LogP contribution in [-0.2, 0) is 0 Å². The lowest BCUT2D eigenvalue weighted by molar-refractivity contribution is 0.0526. The third-order valence-corrected chi connectivity index (χ3v) is 5.50. The number of piperidine rings is 1. The van der Waals surface area contributed by atoms with E-state index in [0.717, 1.165) is 12.5 Å². The number of thiophene rings is 1. The molecule has 1 aliphatic rings. The molecule has 4 atom stereocenters. The van der Waals surface area contributed by atoms with Crippen molar-refractivity contribution in [2.45, 2.75) is 58.7 Å². The molecule has 108 valence electrons. The minimum atomic E-state index is 0.552. The van der Waals surface area contributed by atoms with Crippen molar-refractivity contribution in [3.63, 3.8) is 0 Å². The molecule has 1 aromatic heterocycles. The summed E-state index contributed by atoms with van der Waals surface area (Å²) >= 11 is 1.81. The molecule has 0 aliphatic carbocycles. The van der Waals surface area contributed by atoms with Gasteiger partial charge < -0.3 is 5.32 Å². The highest BCUT2D eigenvalue weighted by Gasteiger charge is 2.34. The van der Waals surface area contributed by atoms with E-state index < -0.39 is 0 Å². The maximum atomic E-state index is 3.72. The summed E-state index contributed by atoms with van der Waals surface area (Å²) in [5.41, 5.74) is 1.48. The predicted octanol–water partition coefficient (Wildman–Crippen LogP) is 3.91. The van der Waals surface area contributed by atoms with Gasteiger partial charge in [0.05, 0.1) is 0 Å². The highest BCUT2D eigenvalue weighted by atomic mass is 32.1. The Kier molecular flexibility index (Phi) is 5.43. The molecule has 1 N–H and O–H groups in total. The SMILES string of the molecule is CCCNC1CCN(C(C)c2ccsc2)C(C)C1C. The van der Waals surface area contributed by atoms with E-state index >= 15 is 0 Å². The molecule has 4 unspecified atom stereocenters. The van der Waals surface area contributed by atoms with Gasteiger partial charge in [-0.1, -0.05) is 13.8 Å². The summed E-state index contributed by atoms with van der Waals surface area (Å²) in [5.74, 6) is 0.724. The molecular formula is C16H28N2S. The second kappa shape index (κ2) is 6.87. The number of rotatable bonds is 5. The van der Waals surface area contributed by atoms with E-state index in [2.05, 4.69) is 54.7 Å². The van der Waals surface area contributed by atoms with Crippen LogP contribution in [0.1, 0.15) is 52.1 Å². The summed E-state index contributed by atoms with van der Waals surface area (Å²) in [7, 11) is 0. The Labute approximate surface area is 122 Å². The van der Waals surface area contributed by atoms with Crippen molar-refractivity contribution in [3.8, 4) is 0 Å². The van der Waals surface area contributed by atoms with Crippen LogP contribution in [0, 0.1) is 5.92 Å². The standard InChI is InChI=1S/C16H28N2S/c1-5-8-17-16-6-9-18(13(3)12(16)2)14(4)15-7-10-19-11-15/h7,10-14,16-17H,5-6,8-9H2,1-4H3. The van der Waals surface area contributed by atoms with Crippen LogP contribution in [0.4, 0.5) is 0 Å². The second-order valence-corrected chi connectivity index (χ2v) is 6.70. The van der Waals surface area contributed by atoms with Gasteiger partial charge in [0.15, 0.2) is 0 Å². The third-order valence-electron chi connectivity index (χ3n) is 4.80. The fraction of sp³-hybridized carbons (Fsp3) is 0.750. The number of nitrogens with one attached hydrogen (secondary N) is 1. The first-order chi connectivity index (χ1) is 9.15. The minimum absolute atomic E-state index is 0.552. The Morgan fingerprint density at radius 1 is 1.47 bits per heavy atom. The molecule has 0 spiro atoms. The van der Waals surface area contributed by atoms with Gasteiger partial charge in [-0.2, -0.15) is 11.3 Å². The molecule has 1 aromatic rings. The summed E-state index contributed by atoms with van der Waals surface area (Å²) in [5, 5.41) is 8.21. The van der Waals surface area contributed by atoms with Gasteiger partial charge in [0, 0.05) is 24.7 Å². The Bertz CT molecular complexity index is 363. The summed E-state index contributed by atoms with van der Waals surface area (Å²) in [6, 6.07) is 4.17. The van der Waals surface area contributed by atoms with Gasteiger partial charge in [-0.3, -0.25) is 4.90 Å². The van der Waals surface area contributed by atoms with E-state index in [0.29, 0.717) is 18.1 Å². The number of hydrogen-bond acceptors (Lipinski definition) is 3. The number of nitrogens with zero attached hydrogens (tertiary/aromatic N) is 1. The molecule has 1 fully saturated rings. The molecule has 1 aliphatic heterocycles. The van der Waals surface area contributed by atoms with Crippen LogP contribution in [-0.4, -0.2) is 30.1 Å². The first-order valence-electron chi connectivity index (χ1n) is 7.66. The van der Waals surface area contributed by atoms with Crippen LogP contribution < -0.4 is 5.32 Å². The maximum Gasteiger partial charge on any atom is 0.0331 e. The van der Waals surface area contributed by atoms with Gasteiger partial charge in [0.25, 0.3) is 0 Å². The first-order valence-corrected chi connectivity index (χ1v) is 8.60. The average molecular weight is 280 g/mol. The van der Waals surface area contributed by atoms with Crippen molar-refractivity contribution in [1.29, 1.82) is 0 Å². The van der Waals surface area contributed by atoms with E-state index in [1.54, 1.807) is 11.3 Å². The van der Waals surface area contributed by atoms with Crippen LogP contribution in [0.5, 0.6) is 0 Å². The van der Waals surface area contributed by atoms with Gasteiger partial charge in [-0.05, 0) is 61.5 Å². The zero-order valence-electron chi connectivity index (χ0n) is 12.7. The summed E-state index contributed by atoms with van der Waals surface area (Å²) in [6.07, 6.45) is 2.51. The normalized spacial score (nSPS) is 30.4. The van der Waals surface area contributed by atoms with E-state index in [1.807, 2.05) is 0 Å². The third kappa shape index (κ3) is 3.39. The second-order valence-electron chi connectivity index (χ2n) is 5.92. The molecule has 0 saturated carbocycles. The number of hydrogen-bond donors (Lipinski definition) is 1. The summed E-state index contributed by atoms with van der Waals surface area (Å²) in [4.78, 5) is 2.68. The highest BCUT2D eigenvalue weighted by Crippen LogP contribution is 2.32. The van der Waals surface area contributed by atoms with E-state index in [-0.39, 0.29) is 0 Å². The predicted molar refractivity (Wildman–Crippen MR) is 84.8 cm³/mol. The van der Waals surface area contributed by atoms with Crippen LogP contribution >= 0.6 is 11.3 Å². The van der Waals surface area contributed by atoms with Crippen molar-refractivity contribution in [1.82, 2.24) is 10.2 Å². The van der Waals surface area contributed by atoms with Gasteiger partial charge in [-0.15, -0.1) is 0 Å². The fourth-order valence-electron chi connectivity index (χ4n) is 3.26. The smallest absolute Gasteiger partial charge is 0.0331 e. The molecule has 0 aromatic carbocycles. The Hall–Kier alpha value is -0.380. The molecule has 1 saturated heterocycles. The molecule has 0 bridgehead atoms. The van der Waals surface area contributed by atoms with E-state index in [9.17, 15) is 0 Å². The van der Waals surface area contributed by atoms with E-state index in [4.69, 9.17) is 0 Å². The summed E-state index contributed by atoms with van der Waals surface area (Å²) < 4.78 is 0. The molecule has 3 heteroatoms. The molecular weight excluding hydrogens is 252 g/mol. The topological polar surface area (TPSA) is 15.3 Å².